The summed E-state index contributed by atoms with van der Waals surface area (Å²) in [4.78, 5) is 11.4. The number of benzene rings is 1. The third kappa shape index (κ3) is 3.31. The maximum atomic E-state index is 11.4. The third-order valence-corrected chi connectivity index (χ3v) is 3.19. The highest BCUT2D eigenvalue weighted by molar-refractivity contribution is 6.30. The van der Waals surface area contributed by atoms with Crippen molar-refractivity contribution >= 4 is 17.4 Å². The van der Waals surface area contributed by atoms with Gasteiger partial charge in [0.25, 0.3) is 0 Å². The van der Waals surface area contributed by atoms with Crippen molar-refractivity contribution in [2.75, 3.05) is 6.61 Å². The number of ether oxygens (including phenoxy) is 2. The number of halogens is 1. The molecule has 2 rings (SSSR count). The molecule has 0 bridgehead atoms. The fourth-order valence-electron chi connectivity index (χ4n) is 1.84. The van der Waals surface area contributed by atoms with Crippen molar-refractivity contribution < 1.29 is 14.3 Å². The van der Waals surface area contributed by atoms with E-state index < -0.39 is 0 Å². The second-order valence-corrected chi connectivity index (χ2v) is 4.87. The molecule has 2 unspecified atom stereocenters. The van der Waals surface area contributed by atoms with Crippen molar-refractivity contribution in [1.29, 1.82) is 0 Å². The van der Waals surface area contributed by atoms with Gasteiger partial charge in [0, 0.05) is 18.1 Å². The van der Waals surface area contributed by atoms with Crippen molar-refractivity contribution in [1.82, 2.24) is 0 Å². The first-order chi connectivity index (χ1) is 8.70. The maximum absolute atomic E-state index is 11.4. The number of Topliss-reactive ketones (excluding diaryl/α,β-unsaturated/α-hetero) is 1. The molecule has 0 aromatic heterocycles. The zero-order chi connectivity index (χ0) is 13.0. The standard InChI is InChI=1S/C14H17ClO3/c1-2-7-17-14-12(16)8-13(14)18-9-10-3-5-11(15)6-4-10/h3-6,13-14H,2,7-9H2,1H3. The molecule has 0 spiro atoms. The van der Waals surface area contributed by atoms with Crippen LogP contribution in [0.25, 0.3) is 0 Å². The predicted molar refractivity (Wildman–Crippen MR) is 69.7 cm³/mol. The lowest BCUT2D eigenvalue weighted by Gasteiger charge is -2.34. The molecular weight excluding hydrogens is 252 g/mol. The second-order valence-electron chi connectivity index (χ2n) is 4.44. The summed E-state index contributed by atoms with van der Waals surface area (Å²) in [5.41, 5.74) is 1.05. The molecule has 1 saturated carbocycles. The second kappa shape index (κ2) is 6.32. The molecule has 1 aromatic carbocycles. The van der Waals surface area contributed by atoms with Gasteiger partial charge >= 0.3 is 0 Å². The van der Waals surface area contributed by atoms with Crippen LogP contribution in [0.2, 0.25) is 5.02 Å². The minimum absolute atomic E-state index is 0.0975. The van der Waals surface area contributed by atoms with E-state index in [-0.39, 0.29) is 18.0 Å². The van der Waals surface area contributed by atoms with Crippen LogP contribution < -0.4 is 0 Å². The normalized spacial score (nSPS) is 22.9. The molecule has 0 N–H and O–H groups in total. The van der Waals surface area contributed by atoms with Crippen LogP contribution in [0.1, 0.15) is 25.3 Å². The van der Waals surface area contributed by atoms with E-state index in [1.165, 1.54) is 0 Å². The van der Waals surface area contributed by atoms with E-state index in [0.717, 1.165) is 12.0 Å². The maximum Gasteiger partial charge on any atom is 0.166 e. The monoisotopic (exact) mass is 268 g/mol. The van der Waals surface area contributed by atoms with Crippen molar-refractivity contribution in [3.8, 4) is 0 Å². The highest BCUT2D eigenvalue weighted by Crippen LogP contribution is 2.24. The lowest BCUT2D eigenvalue weighted by atomic mass is 9.90. The molecule has 1 aliphatic carbocycles. The summed E-state index contributed by atoms with van der Waals surface area (Å²) in [7, 11) is 0. The average Bonchev–Trinajstić information content (AvgIpc) is 2.36. The number of hydrogen-bond donors (Lipinski definition) is 0. The van der Waals surface area contributed by atoms with E-state index in [2.05, 4.69) is 0 Å². The highest BCUT2D eigenvalue weighted by Gasteiger charge is 2.41. The van der Waals surface area contributed by atoms with Gasteiger partial charge in [-0.1, -0.05) is 30.7 Å². The first-order valence-corrected chi connectivity index (χ1v) is 6.59. The topological polar surface area (TPSA) is 35.5 Å². The van der Waals surface area contributed by atoms with Gasteiger partial charge in [0.15, 0.2) is 5.78 Å². The predicted octanol–water partition coefficient (Wildman–Crippen LogP) is 2.99. The molecule has 3 nitrogen and oxygen atoms in total. The van der Waals surface area contributed by atoms with Crippen LogP contribution >= 0.6 is 11.6 Å². The lowest BCUT2D eigenvalue weighted by molar-refractivity contribution is -0.167. The zero-order valence-corrected chi connectivity index (χ0v) is 11.2. The minimum atomic E-state index is -0.364. The van der Waals surface area contributed by atoms with Crippen molar-refractivity contribution in [2.24, 2.45) is 0 Å². The molecule has 1 aliphatic rings. The van der Waals surface area contributed by atoms with Gasteiger partial charge in [-0.25, -0.2) is 0 Å². The molecular formula is C14H17ClO3. The molecule has 0 heterocycles. The summed E-state index contributed by atoms with van der Waals surface area (Å²) in [5, 5.41) is 0.710. The summed E-state index contributed by atoms with van der Waals surface area (Å²) in [6.07, 6.45) is 0.910. The number of hydrogen-bond acceptors (Lipinski definition) is 3. The van der Waals surface area contributed by atoms with Crippen LogP contribution in [0, 0.1) is 0 Å². The average molecular weight is 269 g/mol. The first-order valence-electron chi connectivity index (χ1n) is 6.21. The Balaban J connectivity index is 1.79. The smallest absolute Gasteiger partial charge is 0.166 e. The van der Waals surface area contributed by atoms with Gasteiger partial charge in [-0.3, -0.25) is 4.79 Å². The van der Waals surface area contributed by atoms with Gasteiger partial charge in [0.2, 0.25) is 0 Å². The van der Waals surface area contributed by atoms with Crippen molar-refractivity contribution in [3.63, 3.8) is 0 Å². The summed E-state index contributed by atoms with van der Waals surface area (Å²) >= 11 is 5.81. The molecule has 18 heavy (non-hydrogen) atoms. The Kier molecular flexibility index (Phi) is 4.75. The molecule has 98 valence electrons. The van der Waals surface area contributed by atoms with Crippen LogP contribution in [-0.4, -0.2) is 24.6 Å². The summed E-state index contributed by atoms with van der Waals surface area (Å²) < 4.78 is 11.2. The lowest BCUT2D eigenvalue weighted by Crippen LogP contribution is -2.50. The van der Waals surface area contributed by atoms with Crippen LogP contribution in [0.4, 0.5) is 0 Å². The van der Waals surface area contributed by atoms with Crippen molar-refractivity contribution in [2.45, 2.75) is 38.6 Å². The quantitative estimate of drug-likeness (QED) is 0.796. The van der Waals surface area contributed by atoms with E-state index in [0.29, 0.717) is 24.7 Å². The Bertz CT molecular complexity index is 402. The number of carbonyl (C=O) groups excluding carboxylic acids is 1. The molecule has 0 amide bonds. The van der Waals surface area contributed by atoms with Crippen molar-refractivity contribution in [3.05, 3.63) is 34.9 Å². The largest absolute Gasteiger partial charge is 0.370 e. The molecule has 1 aromatic rings. The van der Waals surface area contributed by atoms with Gasteiger partial charge in [-0.05, 0) is 24.1 Å². The van der Waals surface area contributed by atoms with Crippen LogP contribution in [-0.2, 0) is 20.9 Å². The minimum Gasteiger partial charge on any atom is -0.370 e. The van der Waals surface area contributed by atoms with Crippen LogP contribution in [0.3, 0.4) is 0 Å². The SMILES string of the molecule is CCCOC1C(=O)CC1OCc1ccc(Cl)cc1. The van der Waals surface area contributed by atoms with Gasteiger partial charge in [0.05, 0.1) is 12.7 Å². The Labute approximate surface area is 112 Å². The van der Waals surface area contributed by atoms with Crippen LogP contribution in [0.15, 0.2) is 24.3 Å². The van der Waals surface area contributed by atoms with Gasteiger partial charge in [-0.2, -0.15) is 0 Å². The Morgan fingerprint density at radius 2 is 2.00 bits per heavy atom. The van der Waals surface area contributed by atoms with E-state index in [1.54, 1.807) is 0 Å². The summed E-state index contributed by atoms with van der Waals surface area (Å²) in [6.45, 7) is 3.12. The third-order valence-electron chi connectivity index (χ3n) is 2.94. The summed E-state index contributed by atoms with van der Waals surface area (Å²) in [6, 6.07) is 7.50. The molecule has 0 radical (unpaired) electrons. The van der Waals surface area contributed by atoms with Crippen LogP contribution in [0.5, 0.6) is 0 Å². The Hall–Kier alpha value is -0.900. The number of carbonyl (C=O) groups is 1. The number of rotatable bonds is 6. The van der Waals surface area contributed by atoms with Gasteiger partial charge in [0.1, 0.15) is 6.10 Å². The highest BCUT2D eigenvalue weighted by atomic mass is 35.5. The zero-order valence-electron chi connectivity index (χ0n) is 10.4. The van der Waals surface area contributed by atoms with Gasteiger partial charge < -0.3 is 9.47 Å². The Morgan fingerprint density at radius 3 is 2.61 bits per heavy atom. The Morgan fingerprint density at radius 1 is 1.28 bits per heavy atom. The van der Waals surface area contributed by atoms with E-state index in [9.17, 15) is 4.79 Å². The van der Waals surface area contributed by atoms with Gasteiger partial charge in [-0.15, -0.1) is 0 Å². The molecule has 2 atom stereocenters. The molecule has 0 saturated heterocycles. The number of ketones is 1. The fourth-order valence-corrected chi connectivity index (χ4v) is 1.97. The fraction of sp³-hybridized carbons (Fsp3) is 0.500. The molecule has 4 heteroatoms. The summed E-state index contributed by atoms with van der Waals surface area (Å²) in [5.74, 6) is 0.143. The first kappa shape index (κ1) is 13.5. The van der Waals surface area contributed by atoms with E-state index in [4.69, 9.17) is 21.1 Å². The van der Waals surface area contributed by atoms with E-state index in [1.807, 2.05) is 31.2 Å². The van der Waals surface area contributed by atoms with E-state index >= 15 is 0 Å². The molecule has 1 fully saturated rings. The molecule has 0 aliphatic heterocycles.